The zero-order valence-electron chi connectivity index (χ0n) is 15.5. The Morgan fingerprint density at radius 1 is 1.27 bits per heavy atom. The van der Waals surface area contributed by atoms with Crippen molar-refractivity contribution in [1.29, 1.82) is 0 Å². The summed E-state index contributed by atoms with van der Waals surface area (Å²) in [5.74, 6) is 0.727. The van der Waals surface area contributed by atoms with Gasteiger partial charge in [-0.1, -0.05) is 18.2 Å². The van der Waals surface area contributed by atoms with Gasteiger partial charge in [-0.25, -0.2) is 4.39 Å². The summed E-state index contributed by atoms with van der Waals surface area (Å²) in [5.41, 5.74) is 0.619. The molecule has 2 aliphatic carbocycles. The van der Waals surface area contributed by atoms with E-state index < -0.39 is 0 Å². The molecule has 2 aliphatic rings. The zero-order chi connectivity index (χ0) is 18.4. The van der Waals surface area contributed by atoms with Gasteiger partial charge in [0, 0.05) is 31.0 Å². The van der Waals surface area contributed by atoms with Crippen LogP contribution < -0.4 is 16.0 Å². The molecule has 0 aliphatic heterocycles. The maximum atomic E-state index is 14.1. The number of amides is 1. The summed E-state index contributed by atoms with van der Waals surface area (Å²) in [6.07, 6.45) is 5.47. The van der Waals surface area contributed by atoms with Crippen LogP contribution in [0.5, 0.6) is 0 Å². The van der Waals surface area contributed by atoms with Gasteiger partial charge in [-0.2, -0.15) is 0 Å². The highest BCUT2D eigenvalue weighted by Crippen LogP contribution is 2.49. The molecule has 1 aromatic rings. The fraction of sp³-hybridized carbons (Fsp3) is 0.600. The number of rotatable bonds is 9. The Bertz CT molecular complexity index is 653. The molecule has 0 atom stereocenters. The average Bonchev–Trinajstić information content (AvgIpc) is 3.54. The third kappa shape index (κ3) is 5.19. The summed E-state index contributed by atoms with van der Waals surface area (Å²) in [6, 6.07) is 7.43. The predicted octanol–water partition coefficient (Wildman–Crippen LogP) is 2.47. The Balaban J connectivity index is 1.47. The van der Waals surface area contributed by atoms with E-state index in [4.69, 9.17) is 0 Å². The Morgan fingerprint density at radius 2 is 2.04 bits per heavy atom. The first-order valence-electron chi connectivity index (χ1n) is 9.69. The van der Waals surface area contributed by atoms with Crippen LogP contribution in [0.2, 0.25) is 0 Å². The molecule has 0 spiro atoms. The van der Waals surface area contributed by atoms with Crippen LogP contribution in [0.1, 0.15) is 51.0 Å². The highest BCUT2D eigenvalue weighted by atomic mass is 19.1. The molecule has 2 saturated carbocycles. The van der Waals surface area contributed by atoms with Gasteiger partial charge in [0.05, 0.1) is 6.54 Å². The van der Waals surface area contributed by atoms with Crippen molar-refractivity contribution in [2.75, 3.05) is 19.6 Å². The van der Waals surface area contributed by atoms with Crippen LogP contribution in [-0.2, 0) is 10.2 Å². The van der Waals surface area contributed by atoms with Crippen LogP contribution in [0.15, 0.2) is 29.3 Å². The summed E-state index contributed by atoms with van der Waals surface area (Å²) in [5, 5.41) is 9.50. The summed E-state index contributed by atoms with van der Waals surface area (Å²) in [4.78, 5) is 16.4. The molecule has 0 radical (unpaired) electrons. The van der Waals surface area contributed by atoms with E-state index in [1.807, 2.05) is 19.1 Å². The maximum Gasteiger partial charge on any atom is 0.220 e. The van der Waals surface area contributed by atoms with Crippen LogP contribution in [0.4, 0.5) is 4.39 Å². The van der Waals surface area contributed by atoms with Crippen molar-refractivity contribution in [2.24, 2.45) is 4.99 Å². The molecular weight excluding hydrogens is 331 g/mol. The molecule has 142 valence electrons. The lowest BCUT2D eigenvalue weighted by Crippen LogP contribution is -2.38. The molecule has 0 unspecified atom stereocenters. The number of aliphatic imine (C=N–C) groups is 1. The number of hydrogen-bond acceptors (Lipinski definition) is 2. The predicted molar refractivity (Wildman–Crippen MR) is 102 cm³/mol. The molecule has 2 fully saturated rings. The number of carbonyl (C=O) groups is 1. The molecule has 1 aromatic carbocycles. The van der Waals surface area contributed by atoms with E-state index in [-0.39, 0.29) is 17.1 Å². The monoisotopic (exact) mass is 360 g/mol. The highest BCUT2D eigenvalue weighted by molar-refractivity contribution is 5.80. The fourth-order valence-electron chi connectivity index (χ4n) is 3.11. The van der Waals surface area contributed by atoms with Crippen molar-refractivity contribution in [1.82, 2.24) is 16.0 Å². The second kappa shape index (κ2) is 8.52. The van der Waals surface area contributed by atoms with Crippen molar-refractivity contribution in [2.45, 2.75) is 56.9 Å². The third-order valence-corrected chi connectivity index (χ3v) is 5.00. The Morgan fingerprint density at radius 3 is 2.69 bits per heavy atom. The van der Waals surface area contributed by atoms with Gasteiger partial charge in [-0.3, -0.25) is 9.79 Å². The first-order chi connectivity index (χ1) is 12.6. The molecule has 0 aromatic heterocycles. The lowest BCUT2D eigenvalue weighted by molar-refractivity contribution is -0.121. The van der Waals surface area contributed by atoms with Crippen molar-refractivity contribution in [3.63, 3.8) is 0 Å². The normalized spacial score (nSPS) is 18.3. The standard InChI is InChI=1S/C20H29FN4O/c1-2-22-19(23-13-5-8-18(26)25-15-9-10-15)24-14-20(11-12-20)16-6-3-4-7-17(16)21/h3-4,6-7,15H,2,5,8-14H2,1H3,(H,25,26)(H2,22,23,24). The molecule has 1 amide bonds. The molecule has 0 saturated heterocycles. The van der Waals surface area contributed by atoms with E-state index in [0.29, 0.717) is 25.6 Å². The van der Waals surface area contributed by atoms with Gasteiger partial charge in [0.15, 0.2) is 5.96 Å². The van der Waals surface area contributed by atoms with E-state index >= 15 is 0 Å². The minimum atomic E-state index is -0.155. The van der Waals surface area contributed by atoms with Crippen molar-refractivity contribution in [3.8, 4) is 0 Å². The number of nitrogens with one attached hydrogen (secondary N) is 3. The second-order valence-electron chi connectivity index (χ2n) is 7.33. The van der Waals surface area contributed by atoms with Crippen molar-refractivity contribution in [3.05, 3.63) is 35.6 Å². The lowest BCUT2D eigenvalue weighted by Gasteiger charge is -2.16. The third-order valence-electron chi connectivity index (χ3n) is 5.00. The van der Waals surface area contributed by atoms with E-state index in [0.717, 1.165) is 50.2 Å². The first kappa shape index (κ1) is 18.7. The van der Waals surface area contributed by atoms with Gasteiger partial charge in [0.2, 0.25) is 5.91 Å². The molecule has 3 rings (SSSR count). The molecule has 26 heavy (non-hydrogen) atoms. The largest absolute Gasteiger partial charge is 0.357 e. The molecule has 0 bridgehead atoms. The lowest BCUT2D eigenvalue weighted by atomic mass is 9.95. The van der Waals surface area contributed by atoms with Crippen molar-refractivity contribution >= 4 is 11.9 Å². The molecule has 0 heterocycles. The van der Waals surface area contributed by atoms with Gasteiger partial charge >= 0.3 is 0 Å². The van der Waals surface area contributed by atoms with E-state index in [9.17, 15) is 9.18 Å². The highest BCUT2D eigenvalue weighted by Gasteiger charge is 2.45. The fourth-order valence-corrected chi connectivity index (χ4v) is 3.11. The summed E-state index contributed by atoms with van der Waals surface area (Å²) >= 11 is 0. The molecule has 6 heteroatoms. The average molecular weight is 360 g/mol. The van der Waals surface area contributed by atoms with E-state index in [1.54, 1.807) is 6.07 Å². The van der Waals surface area contributed by atoms with E-state index in [2.05, 4.69) is 20.9 Å². The topological polar surface area (TPSA) is 65.5 Å². The second-order valence-corrected chi connectivity index (χ2v) is 7.33. The smallest absolute Gasteiger partial charge is 0.220 e. The SMILES string of the molecule is CCNC(=NCC1(c2ccccc2F)CC1)NCCCC(=O)NC1CC1. The number of nitrogens with zero attached hydrogens (tertiary/aromatic N) is 1. The van der Waals surface area contributed by atoms with Crippen molar-refractivity contribution < 1.29 is 9.18 Å². The zero-order valence-corrected chi connectivity index (χ0v) is 15.5. The molecule has 5 nitrogen and oxygen atoms in total. The van der Waals surface area contributed by atoms with Gasteiger partial charge < -0.3 is 16.0 Å². The van der Waals surface area contributed by atoms with Crippen LogP contribution >= 0.6 is 0 Å². The number of guanidine groups is 1. The Kier molecular flexibility index (Phi) is 6.12. The van der Waals surface area contributed by atoms with Crippen LogP contribution in [0.3, 0.4) is 0 Å². The minimum absolute atomic E-state index is 0.132. The quantitative estimate of drug-likeness (QED) is 0.360. The van der Waals surface area contributed by atoms with Gasteiger partial charge in [-0.15, -0.1) is 0 Å². The van der Waals surface area contributed by atoms with Gasteiger partial charge in [0.1, 0.15) is 5.82 Å². The van der Waals surface area contributed by atoms with Crippen LogP contribution in [0.25, 0.3) is 0 Å². The summed E-state index contributed by atoms with van der Waals surface area (Å²) in [6.45, 7) is 4.05. The van der Waals surface area contributed by atoms with E-state index in [1.165, 1.54) is 6.07 Å². The maximum absolute atomic E-state index is 14.1. The molecular formula is C20H29FN4O. The Hall–Kier alpha value is -2.11. The number of benzene rings is 1. The van der Waals surface area contributed by atoms with Gasteiger partial charge in [-0.05, 0) is 50.7 Å². The number of carbonyl (C=O) groups excluding carboxylic acids is 1. The minimum Gasteiger partial charge on any atom is -0.357 e. The first-order valence-corrected chi connectivity index (χ1v) is 9.69. The van der Waals surface area contributed by atoms with Gasteiger partial charge in [0.25, 0.3) is 0 Å². The molecule has 3 N–H and O–H groups in total. The van der Waals surface area contributed by atoms with Crippen LogP contribution in [0, 0.1) is 5.82 Å². The summed E-state index contributed by atoms with van der Waals surface area (Å²) < 4.78 is 14.1. The van der Waals surface area contributed by atoms with Crippen LogP contribution in [-0.4, -0.2) is 37.5 Å². The summed E-state index contributed by atoms with van der Waals surface area (Å²) in [7, 11) is 0. The number of halogens is 1. The number of hydrogen-bond donors (Lipinski definition) is 3. The Labute approximate surface area is 154 Å².